The van der Waals surface area contributed by atoms with Crippen molar-refractivity contribution in [2.45, 2.75) is 21.3 Å². The van der Waals surface area contributed by atoms with Crippen LogP contribution < -0.4 is 5.32 Å². The summed E-state index contributed by atoms with van der Waals surface area (Å²) in [5.41, 5.74) is 0.193. The summed E-state index contributed by atoms with van der Waals surface area (Å²) in [6.45, 7) is 0.183. The number of amides is 2. The molecule has 0 aliphatic carbocycles. The predicted octanol–water partition coefficient (Wildman–Crippen LogP) is 6.24. The van der Waals surface area contributed by atoms with Gasteiger partial charge in [-0.25, -0.2) is 17.6 Å². The number of thioether (sulfide) groups is 1. The number of likely N-dealkylation sites (tertiary alicyclic amines) is 1. The van der Waals surface area contributed by atoms with E-state index in [9.17, 15) is 27.2 Å². The van der Waals surface area contributed by atoms with Crippen LogP contribution in [0.2, 0.25) is 0 Å². The third kappa shape index (κ3) is 5.47. The summed E-state index contributed by atoms with van der Waals surface area (Å²) < 4.78 is 68.2. The lowest BCUT2D eigenvalue weighted by Gasteiger charge is -2.33. The highest BCUT2D eigenvalue weighted by atomic mass is 32.2. The Labute approximate surface area is 255 Å². The molecule has 4 aromatic rings. The van der Waals surface area contributed by atoms with Crippen molar-refractivity contribution in [1.82, 2.24) is 4.90 Å². The molecule has 11 heteroatoms. The lowest BCUT2D eigenvalue weighted by molar-refractivity contribution is -0.181. The van der Waals surface area contributed by atoms with E-state index >= 15 is 0 Å². The Morgan fingerprint density at radius 1 is 0.864 bits per heavy atom. The van der Waals surface area contributed by atoms with Gasteiger partial charge in [0.15, 0.2) is 16.4 Å². The topological polar surface area (TPSA) is 67.9 Å². The first-order valence-electron chi connectivity index (χ1n) is 13.8. The van der Waals surface area contributed by atoms with Crippen molar-refractivity contribution in [3.05, 3.63) is 131 Å². The van der Waals surface area contributed by atoms with Gasteiger partial charge in [-0.3, -0.25) is 9.59 Å². The van der Waals surface area contributed by atoms with Gasteiger partial charge >= 0.3 is 0 Å². The number of hydrogen-bond acceptors (Lipinski definition) is 5. The zero-order chi connectivity index (χ0) is 30.9. The van der Waals surface area contributed by atoms with Gasteiger partial charge in [0, 0.05) is 29.0 Å². The molecule has 2 saturated heterocycles. The lowest BCUT2D eigenvalue weighted by atomic mass is 9.86. The largest absolute Gasteiger partial charge is 0.342 e. The molecule has 2 atom stereocenters. The van der Waals surface area contributed by atoms with Crippen LogP contribution in [0.15, 0.2) is 102 Å². The zero-order valence-electron chi connectivity index (χ0n) is 23.1. The first-order valence-corrected chi connectivity index (χ1v) is 14.6. The highest BCUT2D eigenvalue weighted by Crippen LogP contribution is 2.51. The van der Waals surface area contributed by atoms with Crippen LogP contribution in [0.25, 0.3) is 0 Å². The van der Waals surface area contributed by atoms with Gasteiger partial charge in [-0.1, -0.05) is 66.4 Å². The van der Waals surface area contributed by atoms with Crippen molar-refractivity contribution in [3.63, 3.8) is 0 Å². The molecule has 2 aliphatic rings. The van der Waals surface area contributed by atoms with Crippen LogP contribution in [0.5, 0.6) is 0 Å². The maximum absolute atomic E-state index is 14.8. The number of hydrogen-bond donors (Lipinski definition) is 1. The Kier molecular flexibility index (Phi) is 8.19. The minimum atomic E-state index is -2.11. The Balaban J connectivity index is 1.49. The lowest BCUT2D eigenvalue weighted by Crippen LogP contribution is -2.51. The van der Waals surface area contributed by atoms with E-state index in [2.05, 4.69) is 5.32 Å². The fourth-order valence-electron chi connectivity index (χ4n) is 5.72. The number of ether oxygens (including phenoxy) is 2. The smallest absolute Gasteiger partial charge is 0.251 e. The Morgan fingerprint density at radius 2 is 1.50 bits per heavy atom. The van der Waals surface area contributed by atoms with Gasteiger partial charge in [-0.05, 0) is 42.0 Å². The maximum Gasteiger partial charge on any atom is 0.251 e. The first kappa shape index (κ1) is 29.9. The van der Waals surface area contributed by atoms with Gasteiger partial charge < -0.3 is 19.7 Å². The second-order valence-electron chi connectivity index (χ2n) is 10.5. The van der Waals surface area contributed by atoms with E-state index in [1.165, 1.54) is 11.0 Å². The van der Waals surface area contributed by atoms with E-state index in [0.717, 1.165) is 36.0 Å². The van der Waals surface area contributed by atoms with E-state index in [1.807, 2.05) is 6.07 Å². The van der Waals surface area contributed by atoms with Gasteiger partial charge in [-0.15, -0.1) is 0 Å². The summed E-state index contributed by atoms with van der Waals surface area (Å²) in [4.78, 5) is 30.9. The summed E-state index contributed by atoms with van der Waals surface area (Å²) >= 11 is 0.869. The molecular weight excluding hydrogens is 596 g/mol. The number of nitrogens with zero attached hydrogens (tertiary/aromatic N) is 1. The van der Waals surface area contributed by atoms with Crippen LogP contribution in [0, 0.1) is 23.3 Å². The molecule has 0 radical (unpaired) electrons. The van der Waals surface area contributed by atoms with Gasteiger partial charge in [0.1, 0.15) is 11.6 Å². The Bertz CT molecular complexity index is 1670. The molecule has 2 aliphatic heterocycles. The quantitative estimate of drug-likeness (QED) is 0.186. The number of carbonyl (C=O) groups is 2. The van der Waals surface area contributed by atoms with Crippen molar-refractivity contribution < 1.29 is 36.6 Å². The van der Waals surface area contributed by atoms with Gasteiger partial charge in [0.25, 0.3) is 5.91 Å². The van der Waals surface area contributed by atoms with Gasteiger partial charge in [-0.2, -0.15) is 0 Å². The minimum Gasteiger partial charge on any atom is -0.342 e. The molecule has 0 bridgehead atoms. The summed E-state index contributed by atoms with van der Waals surface area (Å²) in [6, 6.07) is 23.6. The van der Waals surface area contributed by atoms with Crippen molar-refractivity contribution in [2.24, 2.45) is 0 Å². The molecule has 226 valence electrons. The zero-order valence-corrected chi connectivity index (χ0v) is 24.0. The average Bonchev–Trinajstić information content (AvgIpc) is 3.60. The van der Waals surface area contributed by atoms with Crippen LogP contribution in [0.4, 0.5) is 23.2 Å². The Hall–Kier alpha value is -4.19. The molecule has 0 spiro atoms. The molecule has 2 heterocycles. The molecule has 0 aromatic heterocycles. The van der Waals surface area contributed by atoms with Crippen molar-refractivity contribution >= 4 is 29.3 Å². The molecule has 4 aromatic carbocycles. The number of rotatable bonds is 8. The third-order valence-electron chi connectivity index (χ3n) is 7.71. The SMILES string of the molecule is O=C(Nc1cccc(F)c1F)C1(Sc2ccccc2)C(=O)N(CC2(c3ccccc3)OCCO2)CC1c1cc(F)cc(F)c1. The van der Waals surface area contributed by atoms with E-state index in [4.69, 9.17) is 9.47 Å². The average molecular weight is 623 g/mol. The minimum absolute atomic E-state index is 0.0404. The van der Waals surface area contributed by atoms with E-state index < -0.39 is 57.2 Å². The van der Waals surface area contributed by atoms with E-state index in [-0.39, 0.29) is 31.9 Å². The second-order valence-corrected chi connectivity index (χ2v) is 11.8. The fourth-order valence-corrected chi connectivity index (χ4v) is 7.10. The van der Waals surface area contributed by atoms with Crippen LogP contribution >= 0.6 is 11.8 Å². The molecule has 2 fully saturated rings. The summed E-state index contributed by atoms with van der Waals surface area (Å²) in [6.07, 6.45) is 0. The standard InChI is InChI=1S/C33H26F4N2O4S/c34-23-16-21(17-24(35)18-23)26-19-39(20-32(42-14-15-43-32)22-8-3-1-4-9-22)31(41)33(26,44-25-10-5-2-6-11-25)30(40)38-28-13-7-12-27(36)29(28)37/h1-13,16-18,26H,14-15,19-20H2,(H,38,40). The molecule has 2 amide bonds. The van der Waals surface area contributed by atoms with Crippen LogP contribution in [-0.2, 0) is 24.8 Å². The number of halogens is 4. The van der Waals surface area contributed by atoms with Gasteiger partial charge in [0.2, 0.25) is 11.7 Å². The Morgan fingerprint density at radius 3 is 2.16 bits per heavy atom. The molecule has 1 N–H and O–H groups in total. The molecule has 44 heavy (non-hydrogen) atoms. The number of benzene rings is 4. The molecule has 6 nitrogen and oxygen atoms in total. The summed E-state index contributed by atoms with van der Waals surface area (Å²) in [7, 11) is 0. The number of nitrogens with one attached hydrogen (secondary N) is 1. The monoisotopic (exact) mass is 622 g/mol. The first-order chi connectivity index (χ1) is 21.2. The van der Waals surface area contributed by atoms with Crippen LogP contribution in [0.3, 0.4) is 0 Å². The summed E-state index contributed by atoms with van der Waals surface area (Å²) in [5.74, 6) is -8.52. The third-order valence-corrected chi connectivity index (χ3v) is 9.19. The predicted molar refractivity (Wildman–Crippen MR) is 156 cm³/mol. The fraction of sp³-hybridized carbons (Fsp3) is 0.212. The van der Waals surface area contributed by atoms with E-state index in [0.29, 0.717) is 16.5 Å². The number of carbonyl (C=O) groups excluding carboxylic acids is 2. The summed E-state index contributed by atoms with van der Waals surface area (Å²) in [5, 5.41) is 2.40. The number of anilines is 1. The second kappa shape index (κ2) is 12.1. The van der Waals surface area contributed by atoms with Crippen LogP contribution in [0.1, 0.15) is 17.0 Å². The van der Waals surface area contributed by atoms with Crippen molar-refractivity contribution in [1.29, 1.82) is 0 Å². The van der Waals surface area contributed by atoms with E-state index in [1.54, 1.807) is 54.6 Å². The molecule has 0 saturated carbocycles. The van der Waals surface area contributed by atoms with Crippen molar-refractivity contribution in [3.8, 4) is 0 Å². The maximum atomic E-state index is 14.8. The highest BCUT2D eigenvalue weighted by Gasteiger charge is 2.62. The highest BCUT2D eigenvalue weighted by molar-refractivity contribution is 8.02. The molecule has 6 rings (SSSR count). The van der Waals surface area contributed by atoms with Crippen molar-refractivity contribution in [2.75, 3.05) is 31.6 Å². The molecule has 2 unspecified atom stereocenters. The molecular formula is C33H26F4N2O4S. The van der Waals surface area contributed by atoms with Crippen LogP contribution in [-0.4, -0.2) is 47.8 Å². The normalized spacial score (nSPS) is 21.0. The van der Waals surface area contributed by atoms with Gasteiger partial charge in [0.05, 0.1) is 25.4 Å².